The molecule has 4 nitrogen and oxygen atoms in total. The van der Waals surface area contributed by atoms with Gasteiger partial charge in [0.15, 0.2) is 0 Å². The molecule has 0 spiro atoms. The molecule has 4 heteroatoms. The van der Waals surface area contributed by atoms with Crippen LogP contribution < -0.4 is 0 Å². The Labute approximate surface area is 238 Å². The zero-order chi connectivity index (χ0) is 27.6. The predicted octanol–water partition coefficient (Wildman–Crippen LogP) is 9.08. The fraction of sp³-hybridized carbons (Fsp3) is 0.829. The molecule has 1 aromatic heterocycles. The van der Waals surface area contributed by atoms with Crippen molar-refractivity contribution < 1.29 is 9.53 Å². The van der Waals surface area contributed by atoms with Gasteiger partial charge in [0.25, 0.3) is 0 Å². The highest BCUT2D eigenvalue weighted by Crippen LogP contribution is 2.67. The Bertz CT molecular complexity index is 983. The van der Waals surface area contributed by atoms with Gasteiger partial charge in [-0.05, 0) is 111 Å². The van der Waals surface area contributed by atoms with E-state index in [1.165, 1.54) is 57.8 Å². The van der Waals surface area contributed by atoms with Gasteiger partial charge >= 0.3 is 5.97 Å². The highest BCUT2D eigenvalue weighted by atomic mass is 16.5. The summed E-state index contributed by atoms with van der Waals surface area (Å²) in [5.41, 5.74) is 3.62. The van der Waals surface area contributed by atoms with Gasteiger partial charge in [-0.25, -0.2) is 4.98 Å². The average molecular weight is 537 g/mol. The smallest absolute Gasteiger partial charge is 0.306 e. The molecule has 0 amide bonds. The first kappa shape index (κ1) is 28.9. The lowest BCUT2D eigenvalue weighted by molar-refractivity contribution is -0.151. The number of carbonyl (C=O) groups is 1. The van der Waals surface area contributed by atoms with Gasteiger partial charge in [-0.3, -0.25) is 4.79 Å². The van der Waals surface area contributed by atoms with Crippen molar-refractivity contribution in [3.05, 3.63) is 29.9 Å². The second-order valence-electron chi connectivity index (χ2n) is 14.9. The van der Waals surface area contributed by atoms with E-state index in [0.717, 1.165) is 73.3 Å². The van der Waals surface area contributed by atoms with Crippen LogP contribution in [0, 0.1) is 46.3 Å². The number of aryl methyl sites for hydroxylation is 1. The Kier molecular flexibility index (Phi) is 8.98. The van der Waals surface area contributed by atoms with Gasteiger partial charge in [-0.1, -0.05) is 65.5 Å². The molecule has 0 aromatic carbocycles. The minimum Gasteiger partial charge on any atom is -0.462 e. The minimum atomic E-state index is -0.00422. The van der Waals surface area contributed by atoms with E-state index < -0.39 is 0 Å². The van der Waals surface area contributed by atoms with Crippen LogP contribution in [-0.2, 0) is 16.0 Å². The number of nitrogens with zero attached hydrogens (tertiary/aromatic N) is 1. The summed E-state index contributed by atoms with van der Waals surface area (Å²) in [6, 6.07) is 0. The van der Waals surface area contributed by atoms with Crippen molar-refractivity contribution >= 4 is 5.97 Å². The van der Waals surface area contributed by atoms with E-state index in [-0.39, 0.29) is 12.1 Å². The number of allylic oxidation sites excluding steroid dienone is 1. The number of esters is 1. The maximum Gasteiger partial charge on any atom is 0.306 e. The van der Waals surface area contributed by atoms with Crippen molar-refractivity contribution in [2.45, 2.75) is 137 Å². The molecule has 4 aliphatic rings. The highest BCUT2D eigenvalue weighted by Gasteiger charge is 2.59. The molecule has 0 radical (unpaired) electrons. The molecule has 3 saturated carbocycles. The van der Waals surface area contributed by atoms with Crippen LogP contribution in [0.25, 0.3) is 0 Å². The van der Waals surface area contributed by atoms with Gasteiger partial charge in [0, 0.05) is 24.7 Å². The zero-order valence-corrected chi connectivity index (χ0v) is 25.6. The number of unbranched alkanes of at least 4 members (excludes halogenated alkanes) is 1. The van der Waals surface area contributed by atoms with E-state index in [1.54, 1.807) is 11.9 Å². The van der Waals surface area contributed by atoms with Crippen LogP contribution in [0.1, 0.15) is 130 Å². The van der Waals surface area contributed by atoms with Crippen LogP contribution in [0.5, 0.6) is 0 Å². The van der Waals surface area contributed by atoms with Gasteiger partial charge in [0.05, 0.1) is 6.33 Å². The van der Waals surface area contributed by atoms with Crippen molar-refractivity contribution in [3.63, 3.8) is 0 Å². The summed E-state index contributed by atoms with van der Waals surface area (Å²) in [4.78, 5) is 19.8. The molecule has 1 aromatic rings. The second-order valence-corrected chi connectivity index (χ2v) is 14.9. The number of nitrogens with one attached hydrogen (secondary N) is 1. The normalized spacial score (nSPS) is 36.6. The molecular weight excluding hydrogens is 480 g/mol. The van der Waals surface area contributed by atoms with Crippen LogP contribution in [0.15, 0.2) is 24.2 Å². The van der Waals surface area contributed by atoms with Crippen LogP contribution in [0.3, 0.4) is 0 Å². The number of H-pyrrole nitrogens is 1. The van der Waals surface area contributed by atoms with E-state index >= 15 is 0 Å². The third-order valence-corrected chi connectivity index (χ3v) is 12.2. The first-order valence-corrected chi connectivity index (χ1v) is 16.6. The standard InChI is InChI=1S/C35H56N2O2/c1-24(2)9-8-10-25(3)30-15-16-31-29-14-13-26-21-28(17-19-34(26,4)32(29)18-20-35(30,31)5)39-33(38)12-7-6-11-27-22-36-23-37-27/h13,22-25,28-32H,6-12,14-21H2,1-5H3,(H,36,37)/t25-,28+,29+,30-,31+,32+,34+,35-/m1/s1. The van der Waals surface area contributed by atoms with E-state index in [2.05, 4.69) is 50.7 Å². The molecule has 8 atom stereocenters. The molecule has 0 bridgehead atoms. The topological polar surface area (TPSA) is 55.0 Å². The lowest BCUT2D eigenvalue weighted by atomic mass is 9.47. The molecule has 39 heavy (non-hydrogen) atoms. The summed E-state index contributed by atoms with van der Waals surface area (Å²) in [6.45, 7) is 12.6. The van der Waals surface area contributed by atoms with Gasteiger partial charge in [-0.2, -0.15) is 0 Å². The van der Waals surface area contributed by atoms with Crippen LogP contribution in [0.2, 0.25) is 0 Å². The second kappa shape index (κ2) is 12.1. The van der Waals surface area contributed by atoms with Crippen molar-refractivity contribution in [2.75, 3.05) is 0 Å². The third kappa shape index (κ3) is 6.05. The molecule has 4 aliphatic carbocycles. The summed E-state index contributed by atoms with van der Waals surface area (Å²) in [6.07, 6.45) is 24.1. The molecule has 0 aliphatic heterocycles. The van der Waals surface area contributed by atoms with Crippen molar-refractivity contribution in [1.29, 1.82) is 0 Å². The summed E-state index contributed by atoms with van der Waals surface area (Å²) in [5.74, 6) is 5.21. The molecule has 1 heterocycles. The van der Waals surface area contributed by atoms with Crippen LogP contribution in [-0.4, -0.2) is 22.0 Å². The van der Waals surface area contributed by atoms with Gasteiger partial charge in [-0.15, -0.1) is 0 Å². The first-order valence-electron chi connectivity index (χ1n) is 16.6. The summed E-state index contributed by atoms with van der Waals surface area (Å²) in [7, 11) is 0. The van der Waals surface area contributed by atoms with Crippen molar-refractivity contribution in [3.8, 4) is 0 Å². The number of hydrogen-bond acceptors (Lipinski definition) is 3. The number of aromatic amines is 1. The molecule has 3 fully saturated rings. The lowest BCUT2D eigenvalue weighted by Crippen LogP contribution is -2.51. The number of fused-ring (bicyclic) bond motifs is 5. The van der Waals surface area contributed by atoms with Gasteiger partial charge in [0.1, 0.15) is 6.10 Å². The third-order valence-electron chi connectivity index (χ3n) is 12.2. The van der Waals surface area contributed by atoms with E-state index in [9.17, 15) is 4.79 Å². The van der Waals surface area contributed by atoms with E-state index in [4.69, 9.17) is 4.74 Å². The molecular formula is C35H56N2O2. The number of ether oxygens (including phenoxy) is 1. The Morgan fingerprint density at radius 2 is 1.90 bits per heavy atom. The van der Waals surface area contributed by atoms with E-state index in [1.807, 2.05) is 6.20 Å². The van der Waals surface area contributed by atoms with Gasteiger partial charge in [0.2, 0.25) is 0 Å². The van der Waals surface area contributed by atoms with Crippen molar-refractivity contribution in [1.82, 2.24) is 9.97 Å². The van der Waals surface area contributed by atoms with Crippen molar-refractivity contribution in [2.24, 2.45) is 46.3 Å². The molecule has 218 valence electrons. The fourth-order valence-corrected chi connectivity index (χ4v) is 10.0. The largest absolute Gasteiger partial charge is 0.462 e. The Balaban J connectivity index is 1.15. The number of imidazole rings is 1. The van der Waals surface area contributed by atoms with Crippen LogP contribution in [0.4, 0.5) is 0 Å². The number of carbonyl (C=O) groups excluding carboxylic acids is 1. The monoisotopic (exact) mass is 536 g/mol. The Morgan fingerprint density at radius 1 is 1.05 bits per heavy atom. The zero-order valence-electron chi connectivity index (χ0n) is 25.6. The maximum absolute atomic E-state index is 12.6. The van der Waals surface area contributed by atoms with Crippen LogP contribution >= 0.6 is 0 Å². The number of aromatic nitrogens is 2. The Hall–Kier alpha value is -1.58. The van der Waals surface area contributed by atoms with Gasteiger partial charge < -0.3 is 9.72 Å². The van der Waals surface area contributed by atoms with E-state index in [0.29, 0.717) is 17.3 Å². The molecule has 1 N–H and O–H groups in total. The summed E-state index contributed by atoms with van der Waals surface area (Å²) < 4.78 is 6.03. The lowest BCUT2D eigenvalue weighted by Gasteiger charge is -2.58. The Morgan fingerprint density at radius 3 is 2.67 bits per heavy atom. The predicted molar refractivity (Wildman–Crippen MR) is 159 cm³/mol. The summed E-state index contributed by atoms with van der Waals surface area (Å²) in [5, 5.41) is 0. The minimum absolute atomic E-state index is 0.00422. The first-order chi connectivity index (χ1) is 18.7. The molecule has 0 saturated heterocycles. The SMILES string of the molecule is CC(C)CCC[C@@H](C)[C@H]1CC[C@H]2[C@@H]3CC=C4C[C@@H](OC(=O)CCCCc5cnc[nH]5)CC[C@]4(C)[C@H]3CC[C@]12C. The fourth-order valence-electron chi connectivity index (χ4n) is 10.0. The molecule has 5 rings (SSSR count). The summed E-state index contributed by atoms with van der Waals surface area (Å²) >= 11 is 0. The average Bonchev–Trinajstić information content (AvgIpc) is 3.54. The quantitative estimate of drug-likeness (QED) is 0.174. The maximum atomic E-state index is 12.6. The molecule has 0 unspecified atom stereocenters. The highest BCUT2D eigenvalue weighted by molar-refractivity contribution is 5.69. The number of hydrogen-bond donors (Lipinski definition) is 1. The number of rotatable bonds is 11.